The highest BCUT2D eigenvalue weighted by atomic mass is 32.1. The van der Waals surface area contributed by atoms with Crippen molar-refractivity contribution in [1.82, 2.24) is 15.1 Å². The summed E-state index contributed by atoms with van der Waals surface area (Å²) in [5.74, 6) is 0.0618. The molecule has 0 spiro atoms. The Balaban J connectivity index is 1.82. The summed E-state index contributed by atoms with van der Waals surface area (Å²) in [5.41, 5.74) is 2.44. The van der Waals surface area contributed by atoms with Gasteiger partial charge in [0.25, 0.3) is 0 Å². The molecule has 2 aromatic rings. The molecule has 0 bridgehead atoms. The molecule has 2 N–H and O–H groups in total. The normalized spacial score (nSPS) is 10.7. The van der Waals surface area contributed by atoms with Crippen LogP contribution in [0.25, 0.3) is 0 Å². The Hall–Kier alpha value is -2.22. The largest absolute Gasteiger partial charge is 0.433 e. The Morgan fingerprint density at radius 3 is 2.79 bits per heavy atom. The summed E-state index contributed by atoms with van der Waals surface area (Å²) in [6.45, 7) is 2.38. The van der Waals surface area contributed by atoms with Gasteiger partial charge in [-0.2, -0.15) is 13.9 Å². The van der Waals surface area contributed by atoms with Crippen LogP contribution in [0.15, 0.2) is 30.6 Å². The van der Waals surface area contributed by atoms with E-state index >= 15 is 0 Å². The number of rotatable bonds is 7. The minimum Gasteiger partial charge on any atom is -0.433 e. The standard InChI is InChI=1S/C16H20F2N4OS/c1-11-4-5-14(23-15(17)18)13(8-11)21-16(24)19-6-3-7-22-10-12(2)9-20-22/h4-5,8-10,15H,3,6-7H2,1-2H3,(H2,19,21,24). The molecule has 1 heterocycles. The van der Waals surface area contributed by atoms with Crippen molar-refractivity contribution in [3.63, 3.8) is 0 Å². The van der Waals surface area contributed by atoms with E-state index in [0.717, 1.165) is 24.1 Å². The number of nitrogens with one attached hydrogen (secondary N) is 2. The summed E-state index contributed by atoms with van der Waals surface area (Å²) in [7, 11) is 0. The number of anilines is 1. The summed E-state index contributed by atoms with van der Waals surface area (Å²) in [6, 6.07) is 4.90. The molecule has 0 unspecified atom stereocenters. The topological polar surface area (TPSA) is 51.1 Å². The quantitative estimate of drug-likeness (QED) is 0.589. The molecule has 5 nitrogen and oxygen atoms in total. The van der Waals surface area contributed by atoms with Crippen LogP contribution in [0.2, 0.25) is 0 Å². The van der Waals surface area contributed by atoms with Gasteiger partial charge in [0.05, 0.1) is 11.9 Å². The van der Waals surface area contributed by atoms with Gasteiger partial charge in [0.15, 0.2) is 5.11 Å². The Morgan fingerprint density at radius 2 is 2.12 bits per heavy atom. The van der Waals surface area contributed by atoms with E-state index < -0.39 is 6.61 Å². The number of ether oxygens (including phenoxy) is 1. The van der Waals surface area contributed by atoms with Crippen molar-refractivity contribution in [2.75, 3.05) is 11.9 Å². The lowest BCUT2D eigenvalue weighted by Gasteiger charge is -2.15. The third kappa shape index (κ3) is 5.77. The van der Waals surface area contributed by atoms with E-state index in [2.05, 4.69) is 20.5 Å². The molecule has 0 aliphatic heterocycles. The first-order valence-electron chi connectivity index (χ1n) is 7.53. The highest BCUT2D eigenvalue weighted by molar-refractivity contribution is 7.80. The monoisotopic (exact) mass is 354 g/mol. The van der Waals surface area contributed by atoms with Crippen molar-refractivity contribution in [1.29, 1.82) is 0 Å². The van der Waals surface area contributed by atoms with Crippen LogP contribution >= 0.6 is 12.2 Å². The average Bonchev–Trinajstić information content (AvgIpc) is 2.92. The van der Waals surface area contributed by atoms with Gasteiger partial charge in [0, 0.05) is 19.3 Å². The van der Waals surface area contributed by atoms with Crippen molar-refractivity contribution >= 4 is 23.0 Å². The molecule has 130 valence electrons. The number of benzene rings is 1. The number of thiocarbonyl (C=S) groups is 1. The predicted octanol–water partition coefficient (Wildman–Crippen LogP) is 3.48. The van der Waals surface area contributed by atoms with Gasteiger partial charge in [-0.25, -0.2) is 0 Å². The van der Waals surface area contributed by atoms with Crippen LogP contribution in [0, 0.1) is 13.8 Å². The second-order valence-corrected chi connectivity index (χ2v) is 5.80. The number of alkyl halides is 2. The molecule has 1 aromatic carbocycles. The zero-order valence-electron chi connectivity index (χ0n) is 13.6. The van der Waals surface area contributed by atoms with Crippen LogP contribution < -0.4 is 15.4 Å². The molecule has 0 aliphatic rings. The summed E-state index contributed by atoms with van der Waals surface area (Å²) in [4.78, 5) is 0. The number of aromatic nitrogens is 2. The zero-order chi connectivity index (χ0) is 17.5. The minimum absolute atomic E-state index is 0.0618. The lowest BCUT2D eigenvalue weighted by Crippen LogP contribution is -2.30. The van der Waals surface area contributed by atoms with Gasteiger partial charge in [-0.15, -0.1) is 0 Å². The number of aryl methyl sites for hydroxylation is 3. The molecule has 0 radical (unpaired) electrons. The van der Waals surface area contributed by atoms with E-state index in [1.165, 1.54) is 6.07 Å². The second-order valence-electron chi connectivity index (χ2n) is 5.39. The maximum atomic E-state index is 12.4. The van der Waals surface area contributed by atoms with Gasteiger partial charge >= 0.3 is 6.61 Å². The van der Waals surface area contributed by atoms with Gasteiger partial charge in [-0.1, -0.05) is 6.07 Å². The van der Waals surface area contributed by atoms with E-state index in [9.17, 15) is 8.78 Å². The number of halogens is 2. The van der Waals surface area contributed by atoms with Crippen LogP contribution in [0.5, 0.6) is 5.75 Å². The Kier molecular flexibility index (Phi) is 6.48. The highest BCUT2D eigenvalue weighted by Gasteiger charge is 2.11. The molecule has 2 rings (SSSR count). The molecule has 0 amide bonds. The molecule has 0 saturated heterocycles. The molecule has 0 fully saturated rings. The van der Waals surface area contributed by atoms with E-state index in [0.29, 0.717) is 17.3 Å². The molecule has 8 heteroatoms. The fraction of sp³-hybridized carbons (Fsp3) is 0.375. The SMILES string of the molecule is Cc1ccc(OC(F)F)c(NC(=S)NCCCn2cc(C)cn2)c1. The molecular weight excluding hydrogens is 334 g/mol. The van der Waals surface area contributed by atoms with Crippen LogP contribution in [-0.2, 0) is 6.54 Å². The van der Waals surface area contributed by atoms with Crippen LogP contribution in [0.3, 0.4) is 0 Å². The van der Waals surface area contributed by atoms with Gasteiger partial charge in [0.2, 0.25) is 0 Å². The molecule has 24 heavy (non-hydrogen) atoms. The highest BCUT2D eigenvalue weighted by Crippen LogP contribution is 2.27. The molecule has 0 atom stereocenters. The summed E-state index contributed by atoms with van der Waals surface area (Å²) in [6.07, 6.45) is 4.61. The molecule has 1 aromatic heterocycles. The molecular formula is C16H20F2N4OS. The smallest absolute Gasteiger partial charge is 0.387 e. The first kappa shape index (κ1) is 18.1. The zero-order valence-corrected chi connectivity index (χ0v) is 14.4. The van der Waals surface area contributed by atoms with Gasteiger partial charge in [-0.3, -0.25) is 4.68 Å². The fourth-order valence-electron chi connectivity index (χ4n) is 2.14. The average molecular weight is 354 g/mol. The second kappa shape index (κ2) is 8.58. The van der Waals surface area contributed by atoms with Crippen molar-refractivity contribution in [3.05, 3.63) is 41.7 Å². The van der Waals surface area contributed by atoms with Crippen molar-refractivity contribution in [3.8, 4) is 5.75 Å². The number of nitrogens with zero attached hydrogens (tertiary/aromatic N) is 2. The summed E-state index contributed by atoms with van der Waals surface area (Å²) >= 11 is 5.20. The predicted molar refractivity (Wildman–Crippen MR) is 93.6 cm³/mol. The molecule has 0 saturated carbocycles. The summed E-state index contributed by atoms with van der Waals surface area (Å²) < 4.78 is 31.2. The molecule has 0 aliphatic carbocycles. The lowest BCUT2D eigenvalue weighted by atomic mass is 10.2. The van der Waals surface area contributed by atoms with Gasteiger partial charge in [0.1, 0.15) is 5.75 Å². The van der Waals surface area contributed by atoms with Crippen molar-refractivity contribution in [2.45, 2.75) is 33.4 Å². The number of hydrogen-bond acceptors (Lipinski definition) is 3. The van der Waals surface area contributed by atoms with Crippen LogP contribution in [-0.4, -0.2) is 28.0 Å². The minimum atomic E-state index is -2.88. The first-order valence-corrected chi connectivity index (χ1v) is 7.94. The third-order valence-corrected chi connectivity index (χ3v) is 3.46. The third-order valence-electron chi connectivity index (χ3n) is 3.21. The fourth-order valence-corrected chi connectivity index (χ4v) is 2.35. The van der Waals surface area contributed by atoms with Crippen molar-refractivity contribution in [2.24, 2.45) is 0 Å². The summed E-state index contributed by atoms with van der Waals surface area (Å²) in [5, 5.41) is 10.5. The van der Waals surface area contributed by atoms with E-state index in [4.69, 9.17) is 12.2 Å². The van der Waals surface area contributed by atoms with Crippen LogP contribution in [0.1, 0.15) is 17.5 Å². The van der Waals surface area contributed by atoms with E-state index in [1.54, 1.807) is 12.1 Å². The van der Waals surface area contributed by atoms with E-state index in [-0.39, 0.29) is 5.75 Å². The van der Waals surface area contributed by atoms with Crippen LogP contribution in [0.4, 0.5) is 14.5 Å². The maximum absolute atomic E-state index is 12.4. The van der Waals surface area contributed by atoms with Gasteiger partial charge in [-0.05, 0) is 55.7 Å². The Bertz CT molecular complexity index is 690. The van der Waals surface area contributed by atoms with Gasteiger partial charge < -0.3 is 15.4 Å². The maximum Gasteiger partial charge on any atom is 0.387 e. The van der Waals surface area contributed by atoms with Crippen molar-refractivity contribution < 1.29 is 13.5 Å². The number of hydrogen-bond donors (Lipinski definition) is 2. The van der Waals surface area contributed by atoms with E-state index in [1.807, 2.05) is 30.9 Å². The first-order chi connectivity index (χ1) is 11.4. The Labute approximate surface area is 145 Å². The lowest BCUT2D eigenvalue weighted by molar-refractivity contribution is -0.0493. The Morgan fingerprint density at radius 1 is 1.33 bits per heavy atom.